The van der Waals surface area contributed by atoms with E-state index in [0.29, 0.717) is 0 Å². The van der Waals surface area contributed by atoms with E-state index in [0.717, 1.165) is 12.8 Å². The Hall–Kier alpha value is -0.550. The van der Waals surface area contributed by atoms with E-state index in [1.54, 1.807) is 0 Å². The number of rotatable bonds is 0. The Labute approximate surface area is 56.1 Å². The topological polar surface area (TPSA) is 44.0 Å². The lowest BCUT2D eigenvalue weighted by molar-refractivity contribution is 0.130. The summed E-state index contributed by atoms with van der Waals surface area (Å²) in [6, 6.07) is 0. The van der Waals surface area contributed by atoms with E-state index in [9.17, 15) is 0 Å². The molecule has 0 atom stereocenters. The fraction of sp³-hybridized carbons (Fsp3) is 0.857. The van der Waals surface area contributed by atoms with Gasteiger partial charge in [-0.15, -0.1) is 0 Å². The van der Waals surface area contributed by atoms with Gasteiger partial charge in [-0.05, 0) is 12.8 Å². The van der Waals surface area contributed by atoms with E-state index >= 15 is 0 Å². The molecule has 0 spiro atoms. The molecule has 0 amide bonds. The summed E-state index contributed by atoms with van der Waals surface area (Å²) >= 11 is 0. The summed E-state index contributed by atoms with van der Waals surface area (Å²) in [7, 11) is 0. The van der Waals surface area contributed by atoms with Crippen molar-refractivity contribution in [2.45, 2.75) is 38.2 Å². The van der Waals surface area contributed by atoms with Crippen molar-refractivity contribution in [2.75, 3.05) is 0 Å². The molecule has 0 bridgehead atoms. The van der Waals surface area contributed by atoms with Crippen molar-refractivity contribution in [1.82, 2.24) is 0 Å². The summed E-state index contributed by atoms with van der Waals surface area (Å²) in [5.74, 6) is 0. The van der Waals surface area contributed by atoms with Crippen molar-refractivity contribution in [2.24, 2.45) is 0 Å². The minimum Gasteiger partial charge on any atom is -0.393 e. The highest BCUT2D eigenvalue weighted by molar-refractivity contribution is 4.61. The maximum atomic E-state index is 8.91. The first-order valence-electron chi connectivity index (χ1n) is 3.33. The minimum atomic E-state index is 0.0359. The van der Waals surface area contributed by atoms with Crippen molar-refractivity contribution < 1.29 is 5.11 Å². The second-order valence-electron chi connectivity index (χ2n) is 2.29. The normalized spacial score (nSPS) is 19.9. The number of nitriles is 1. The quantitative estimate of drug-likeness (QED) is 0.535. The van der Waals surface area contributed by atoms with Gasteiger partial charge in [0.2, 0.25) is 0 Å². The molecule has 0 aliphatic heterocycles. The molecule has 0 saturated heterocycles. The van der Waals surface area contributed by atoms with Crippen LogP contribution in [-0.2, 0) is 0 Å². The first-order valence-corrected chi connectivity index (χ1v) is 3.33. The lowest BCUT2D eigenvalue weighted by atomic mass is 9.98. The zero-order valence-corrected chi connectivity index (χ0v) is 5.58. The van der Waals surface area contributed by atoms with E-state index in [2.05, 4.69) is 6.57 Å². The van der Waals surface area contributed by atoms with Crippen LogP contribution in [0.3, 0.4) is 0 Å². The molecule has 1 saturated carbocycles. The first-order chi connectivity index (χ1) is 4.39. The van der Waals surface area contributed by atoms with Gasteiger partial charge in [0.05, 0.1) is 6.10 Å². The summed E-state index contributed by atoms with van der Waals surface area (Å²) < 4.78 is 0. The van der Waals surface area contributed by atoms with Crippen LogP contribution < -0.4 is 0 Å². The smallest absolute Gasteiger partial charge is 0.0540 e. The molecule has 0 aromatic heterocycles. The van der Waals surface area contributed by atoms with Gasteiger partial charge in [-0.3, -0.25) is 0 Å². The predicted octanol–water partition coefficient (Wildman–Crippen LogP) is 1.45. The molecule has 0 radical (unpaired) electrons. The lowest BCUT2D eigenvalue weighted by Gasteiger charge is -2.14. The maximum Gasteiger partial charge on any atom is 0.0540 e. The van der Waals surface area contributed by atoms with Gasteiger partial charge in [-0.2, -0.15) is 0 Å². The van der Waals surface area contributed by atoms with Crippen molar-refractivity contribution in [3.63, 3.8) is 0 Å². The van der Waals surface area contributed by atoms with Crippen LogP contribution in [0.2, 0.25) is 0 Å². The van der Waals surface area contributed by atoms with E-state index in [-0.39, 0.29) is 6.10 Å². The molecule has 0 heterocycles. The van der Waals surface area contributed by atoms with Crippen molar-refractivity contribution in [3.05, 3.63) is 0 Å². The zero-order valence-electron chi connectivity index (χ0n) is 5.58. The third-order valence-corrected chi connectivity index (χ3v) is 1.57. The fourth-order valence-corrected chi connectivity index (χ4v) is 1.08. The maximum absolute atomic E-state index is 8.91. The van der Waals surface area contributed by atoms with Crippen LogP contribution in [0.25, 0.3) is 0 Å². The Morgan fingerprint density at radius 1 is 1.11 bits per heavy atom. The van der Waals surface area contributed by atoms with Crippen LogP contribution in [0.15, 0.2) is 0 Å². The summed E-state index contributed by atoms with van der Waals surface area (Å²) in [6.45, 7) is 3.50. The molecule has 52 valence electrons. The first kappa shape index (κ1) is 8.45. The van der Waals surface area contributed by atoms with Gasteiger partial charge < -0.3 is 5.11 Å². The number of hydrogen-bond acceptors (Lipinski definition) is 2. The Balaban J connectivity index is 0.000000291. The Morgan fingerprint density at radius 3 is 1.78 bits per heavy atom. The number of hydrogen-bond donors (Lipinski definition) is 1. The molecule has 0 unspecified atom stereocenters. The largest absolute Gasteiger partial charge is 0.393 e. The molecule has 1 fully saturated rings. The molecule has 0 aromatic carbocycles. The van der Waals surface area contributed by atoms with Crippen molar-refractivity contribution in [1.29, 1.82) is 5.26 Å². The molecule has 1 aliphatic carbocycles. The van der Waals surface area contributed by atoms with Gasteiger partial charge in [0, 0.05) is 6.57 Å². The van der Waals surface area contributed by atoms with Gasteiger partial charge in [-0.1, -0.05) is 19.3 Å². The second-order valence-corrected chi connectivity index (χ2v) is 2.29. The Bertz CT molecular complexity index is 74.2. The highest BCUT2D eigenvalue weighted by Gasteiger charge is 2.07. The summed E-state index contributed by atoms with van der Waals surface area (Å²) in [6.07, 6.45) is 5.92. The fourth-order valence-electron chi connectivity index (χ4n) is 1.08. The van der Waals surface area contributed by atoms with E-state index in [1.807, 2.05) is 0 Å². The van der Waals surface area contributed by atoms with Crippen molar-refractivity contribution in [3.8, 4) is 6.57 Å². The van der Waals surface area contributed by atoms with Gasteiger partial charge in [-0.25, -0.2) is 5.26 Å². The molecule has 2 heteroatoms. The van der Waals surface area contributed by atoms with E-state index in [1.165, 1.54) is 19.3 Å². The zero-order chi connectivity index (χ0) is 7.11. The molecule has 2 nitrogen and oxygen atoms in total. The summed E-state index contributed by atoms with van der Waals surface area (Å²) in [5.41, 5.74) is 0. The molecule has 1 aliphatic rings. The highest BCUT2D eigenvalue weighted by atomic mass is 16.3. The average Bonchev–Trinajstić information content (AvgIpc) is 1.94. The molecule has 0 aromatic rings. The third-order valence-electron chi connectivity index (χ3n) is 1.57. The van der Waals surface area contributed by atoms with Gasteiger partial charge >= 0.3 is 0 Å². The molecular formula is C7H13NO. The average molecular weight is 127 g/mol. The SMILES string of the molecule is C#N.OC1CCCCC1. The molecule has 1 N–H and O–H groups in total. The third kappa shape index (κ3) is 3.99. The number of aliphatic hydroxyl groups excluding tert-OH is 1. The molecular weight excluding hydrogens is 114 g/mol. The van der Waals surface area contributed by atoms with Gasteiger partial charge in [0.15, 0.2) is 0 Å². The lowest BCUT2D eigenvalue weighted by Crippen LogP contribution is -2.09. The number of aliphatic hydroxyl groups is 1. The van der Waals surface area contributed by atoms with Crippen LogP contribution in [0.4, 0.5) is 0 Å². The van der Waals surface area contributed by atoms with E-state index < -0.39 is 0 Å². The second kappa shape index (κ2) is 5.58. The summed E-state index contributed by atoms with van der Waals surface area (Å²) in [4.78, 5) is 0. The minimum absolute atomic E-state index is 0.0359. The molecule has 1 rings (SSSR count). The van der Waals surface area contributed by atoms with Crippen LogP contribution in [-0.4, -0.2) is 11.2 Å². The van der Waals surface area contributed by atoms with E-state index in [4.69, 9.17) is 10.4 Å². The molecule has 9 heavy (non-hydrogen) atoms. The summed E-state index contributed by atoms with van der Waals surface area (Å²) in [5, 5.41) is 15.4. The van der Waals surface area contributed by atoms with Crippen LogP contribution in [0.1, 0.15) is 32.1 Å². The monoisotopic (exact) mass is 127 g/mol. The predicted molar refractivity (Wildman–Crippen MR) is 35.8 cm³/mol. The number of nitrogens with zero attached hydrogens (tertiary/aromatic N) is 1. The van der Waals surface area contributed by atoms with Crippen molar-refractivity contribution >= 4 is 0 Å². The highest BCUT2D eigenvalue weighted by Crippen LogP contribution is 2.16. The van der Waals surface area contributed by atoms with Gasteiger partial charge in [0.1, 0.15) is 0 Å². The standard InChI is InChI=1S/C6H12O.CHN/c7-6-4-2-1-3-5-6;1-2/h6-7H,1-5H2;1H. The van der Waals surface area contributed by atoms with Crippen LogP contribution in [0.5, 0.6) is 0 Å². The van der Waals surface area contributed by atoms with Gasteiger partial charge in [0.25, 0.3) is 0 Å². The van der Waals surface area contributed by atoms with Crippen LogP contribution in [0, 0.1) is 11.8 Å². The Kier molecular flexibility index (Phi) is 5.24. The van der Waals surface area contributed by atoms with Crippen LogP contribution >= 0.6 is 0 Å². The Morgan fingerprint density at radius 2 is 1.56 bits per heavy atom.